The Labute approximate surface area is 106 Å². The molecule has 1 fully saturated rings. The van der Waals surface area contributed by atoms with Crippen LogP contribution in [0.4, 0.5) is 5.69 Å². The zero-order chi connectivity index (χ0) is 11.8. The lowest BCUT2D eigenvalue weighted by Gasteiger charge is -2.18. The summed E-state index contributed by atoms with van der Waals surface area (Å²) in [4.78, 5) is 0. The first-order valence-electron chi connectivity index (χ1n) is 5.74. The van der Waals surface area contributed by atoms with Gasteiger partial charge in [0.1, 0.15) is 0 Å². The summed E-state index contributed by atoms with van der Waals surface area (Å²) in [7, 11) is 0. The lowest BCUT2D eigenvalue weighted by atomic mass is 10.0. The third-order valence-electron chi connectivity index (χ3n) is 3.07. The molecular weight excluding hydrogens is 264 g/mol. The smallest absolute Gasteiger partial charge is 0.0487 e. The van der Waals surface area contributed by atoms with Crippen LogP contribution in [0.15, 0.2) is 22.7 Å². The van der Waals surface area contributed by atoms with Crippen LogP contribution in [0.3, 0.4) is 0 Å². The zero-order valence-electron chi connectivity index (χ0n) is 10.1. The monoisotopic (exact) mass is 282 g/mol. The van der Waals surface area contributed by atoms with E-state index in [9.17, 15) is 0 Å². The van der Waals surface area contributed by atoms with E-state index in [0.717, 1.165) is 17.4 Å². The van der Waals surface area contributed by atoms with Crippen molar-refractivity contribution in [2.75, 3.05) is 11.9 Å². The molecule has 1 aromatic carbocycles. The Kier molecular flexibility index (Phi) is 3.27. The Balaban J connectivity index is 2.05. The van der Waals surface area contributed by atoms with Crippen molar-refractivity contribution < 1.29 is 0 Å². The molecule has 88 valence electrons. The summed E-state index contributed by atoms with van der Waals surface area (Å²) < 4.78 is 1.15. The average Bonchev–Trinajstić information content (AvgIpc) is 2.51. The minimum absolute atomic E-state index is 0.259. The van der Waals surface area contributed by atoms with Gasteiger partial charge in [-0.05, 0) is 60.8 Å². The van der Waals surface area contributed by atoms with Crippen LogP contribution < -0.4 is 10.6 Å². The van der Waals surface area contributed by atoms with E-state index < -0.39 is 0 Å². The highest BCUT2D eigenvalue weighted by atomic mass is 79.9. The predicted molar refractivity (Wildman–Crippen MR) is 73.0 cm³/mol. The van der Waals surface area contributed by atoms with Crippen molar-refractivity contribution in [3.8, 4) is 0 Å². The Hall–Kier alpha value is -0.540. The molecule has 0 spiro atoms. The molecular formula is C13H19BrN2. The molecule has 1 aromatic rings. The summed E-state index contributed by atoms with van der Waals surface area (Å²) in [6.45, 7) is 7.64. The molecule has 3 heteroatoms. The highest BCUT2D eigenvalue weighted by Gasteiger charge is 2.30. The van der Waals surface area contributed by atoms with Gasteiger partial charge >= 0.3 is 0 Å². The topological polar surface area (TPSA) is 24.1 Å². The van der Waals surface area contributed by atoms with E-state index in [1.807, 2.05) is 0 Å². The summed E-state index contributed by atoms with van der Waals surface area (Å²) in [5, 5.41) is 7.10. The van der Waals surface area contributed by atoms with Crippen molar-refractivity contribution in [3.63, 3.8) is 0 Å². The van der Waals surface area contributed by atoms with Gasteiger partial charge in [0.25, 0.3) is 0 Å². The molecule has 0 amide bonds. The van der Waals surface area contributed by atoms with Crippen molar-refractivity contribution in [2.24, 2.45) is 0 Å². The summed E-state index contributed by atoms with van der Waals surface area (Å²) >= 11 is 3.60. The standard InChI is InChI=1S/C13H19BrN2/c1-9-4-5-12(11(14)6-9)16-10-7-13(2,3)15-8-10/h4-6,10,15-16H,7-8H2,1-3H3. The third kappa shape index (κ3) is 2.77. The molecule has 2 rings (SSSR count). The van der Waals surface area contributed by atoms with Gasteiger partial charge in [0, 0.05) is 28.3 Å². The Bertz CT molecular complexity index is 388. The van der Waals surface area contributed by atoms with Crippen molar-refractivity contribution >= 4 is 21.6 Å². The molecule has 16 heavy (non-hydrogen) atoms. The van der Waals surface area contributed by atoms with E-state index in [1.165, 1.54) is 11.3 Å². The second-order valence-corrected chi connectivity index (χ2v) is 6.15. The van der Waals surface area contributed by atoms with Gasteiger partial charge in [-0.2, -0.15) is 0 Å². The molecule has 0 aliphatic carbocycles. The third-order valence-corrected chi connectivity index (χ3v) is 3.72. The second-order valence-electron chi connectivity index (χ2n) is 5.29. The number of hydrogen-bond donors (Lipinski definition) is 2. The first-order chi connectivity index (χ1) is 7.46. The number of halogens is 1. The van der Waals surface area contributed by atoms with Crippen molar-refractivity contribution in [1.82, 2.24) is 5.32 Å². The van der Waals surface area contributed by atoms with E-state index >= 15 is 0 Å². The van der Waals surface area contributed by atoms with Crippen molar-refractivity contribution in [2.45, 2.75) is 38.8 Å². The van der Waals surface area contributed by atoms with E-state index in [0.29, 0.717) is 6.04 Å². The van der Waals surface area contributed by atoms with Crippen LogP contribution in [0.5, 0.6) is 0 Å². The number of aryl methyl sites for hydroxylation is 1. The minimum Gasteiger partial charge on any atom is -0.380 e. The molecule has 2 N–H and O–H groups in total. The Morgan fingerprint density at radius 2 is 2.19 bits per heavy atom. The van der Waals surface area contributed by atoms with Crippen LogP contribution in [0.1, 0.15) is 25.8 Å². The van der Waals surface area contributed by atoms with Gasteiger partial charge < -0.3 is 10.6 Å². The highest BCUT2D eigenvalue weighted by molar-refractivity contribution is 9.10. The number of hydrogen-bond acceptors (Lipinski definition) is 2. The number of anilines is 1. The molecule has 0 radical (unpaired) electrons. The number of benzene rings is 1. The Morgan fingerprint density at radius 1 is 1.44 bits per heavy atom. The van der Waals surface area contributed by atoms with Gasteiger partial charge in [-0.3, -0.25) is 0 Å². The van der Waals surface area contributed by atoms with Crippen molar-refractivity contribution in [3.05, 3.63) is 28.2 Å². The van der Waals surface area contributed by atoms with Crippen molar-refractivity contribution in [1.29, 1.82) is 0 Å². The molecule has 0 bridgehead atoms. The second kappa shape index (κ2) is 4.38. The van der Waals surface area contributed by atoms with E-state index in [4.69, 9.17) is 0 Å². The normalized spacial score (nSPS) is 23.4. The van der Waals surface area contributed by atoms with Gasteiger partial charge in [-0.15, -0.1) is 0 Å². The van der Waals surface area contributed by atoms with Gasteiger partial charge in [0.05, 0.1) is 0 Å². The number of nitrogens with one attached hydrogen (secondary N) is 2. The maximum absolute atomic E-state index is 3.60. The van der Waals surface area contributed by atoms with Crippen LogP contribution in [-0.4, -0.2) is 18.1 Å². The summed E-state index contributed by atoms with van der Waals surface area (Å²) in [5.74, 6) is 0. The van der Waals surface area contributed by atoms with Crippen LogP contribution in [-0.2, 0) is 0 Å². The lowest BCUT2D eigenvalue weighted by Crippen LogP contribution is -2.31. The van der Waals surface area contributed by atoms with Gasteiger partial charge in [-0.1, -0.05) is 6.07 Å². The zero-order valence-corrected chi connectivity index (χ0v) is 11.7. The lowest BCUT2D eigenvalue weighted by molar-refractivity contribution is 0.457. The fraction of sp³-hybridized carbons (Fsp3) is 0.538. The molecule has 0 aromatic heterocycles. The fourth-order valence-corrected chi connectivity index (χ4v) is 2.83. The molecule has 2 nitrogen and oxygen atoms in total. The summed E-state index contributed by atoms with van der Waals surface area (Å²) in [6.07, 6.45) is 1.16. The van der Waals surface area contributed by atoms with Crippen LogP contribution in [0.2, 0.25) is 0 Å². The molecule has 1 heterocycles. The van der Waals surface area contributed by atoms with E-state index in [-0.39, 0.29) is 5.54 Å². The first-order valence-corrected chi connectivity index (χ1v) is 6.53. The molecule has 1 saturated heterocycles. The SMILES string of the molecule is Cc1ccc(NC2CNC(C)(C)C2)c(Br)c1. The molecule has 1 aliphatic heterocycles. The molecule has 1 atom stereocenters. The number of rotatable bonds is 2. The fourth-order valence-electron chi connectivity index (χ4n) is 2.22. The average molecular weight is 283 g/mol. The molecule has 1 unspecified atom stereocenters. The quantitative estimate of drug-likeness (QED) is 0.870. The van der Waals surface area contributed by atoms with Crippen LogP contribution in [0.25, 0.3) is 0 Å². The maximum atomic E-state index is 3.60. The van der Waals surface area contributed by atoms with Crippen LogP contribution in [0, 0.1) is 6.92 Å². The van der Waals surface area contributed by atoms with E-state index in [2.05, 4.69) is 65.5 Å². The first kappa shape index (κ1) is 11.9. The molecule has 1 aliphatic rings. The minimum atomic E-state index is 0.259. The predicted octanol–water partition coefficient (Wildman–Crippen LogP) is 3.31. The highest BCUT2D eigenvalue weighted by Crippen LogP contribution is 2.27. The Morgan fingerprint density at radius 3 is 2.75 bits per heavy atom. The van der Waals surface area contributed by atoms with Gasteiger partial charge in [-0.25, -0.2) is 0 Å². The largest absolute Gasteiger partial charge is 0.380 e. The van der Waals surface area contributed by atoms with E-state index in [1.54, 1.807) is 0 Å². The van der Waals surface area contributed by atoms with Crippen LogP contribution >= 0.6 is 15.9 Å². The maximum Gasteiger partial charge on any atom is 0.0487 e. The van der Waals surface area contributed by atoms with Gasteiger partial charge in [0.2, 0.25) is 0 Å². The summed E-state index contributed by atoms with van der Waals surface area (Å²) in [6, 6.07) is 6.95. The molecule has 0 saturated carbocycles. The summed E-state index contributed by atoms with van der Waals surface area (Å²) in [5.41, 5.74) is 2.73. The van der Waals surface area contributed by atoms with Gasteiger partial charge in [0.15, 0.2) is 0 Å².